The van der Waals surface area contributed by atoms with Crippen LogP contribution in [-0.2, 0) is 11.3 Å². The molecule has 11 nitrogen and oxygen atoms in total. The first-order chi connectivity index (χ1) is 19.4. The zero-order valence-corrected chi connectivity index (χ0v) is 21.7. The van der Waals surface area contributed by atoms with Crippen LogP contribution in [0.4, 0.5) is 14.6 Å². The van der Waals surface area contributed by atoms with Crippen molar-refractivity contribution in [3.63, 3.8) is 0 Å². The predicted molar refractivity (Wildman–Crippen MR) is 144 cm³/mol. The third-order valence-corrected chi connectivity index (χ3v) is 6.98. The summed E-state index contributed by atoms with van der Waals surface area (Å²) in [6, 6.07) is 8.17. The monoisotopic (exact) mass is 562 g/mol. The predicted octanol–water partition coefficient (Wildman–Crippen LogP) is 3.56. The van der Waals surface area contributed by atoms with Crippen molar-refractivity contribution < 1.29 is 18.3 Å². The van der Waals surface area contributed by atoms with E-state index in [-0.39, 0.29) is 34.8 Å². The number of ether oxygens (including phenoxy) is 2. The van der Waals surface area contributed by atoms with E-state index >= 15 is 0 Å². The first-order valence-electron chi connectivity index (χ1n) is 11.9. The van der Waals surface area contributed by atoms with Gasteiger partial charge < -0.3 is 15.2 Å². The summed E-state index contributed by atoms with van der Waals surface area (Å²) in [5, 5.41) is 5.66. The number of anilines is 1. The third kappa shape index (κ3) is 4.63. The Morgan fingerprint density at radius 2 is 1.95 bits per heavy atom. The van der Waals surface area contributed by atoms with Crippen molar-refractivity contribution >= 4 is 33.8 Å². The molecule has 40 heavy (non-hydrogen) atoms. The van der Waals surface area contributed by atoms with E-state index in [9.17, 15) is 13.6 Å². The second kappa shape index (κ2) is 10.4. The van der Waals surface area contributed by atoms with Gasteiger partial charge in [-0.3, -0.25) is 9.20 Å². The Morgan fingerprint density at radius 1 is 1.07 bits per heavy atom. The SMILES string of the molecule is COCCOc1ncc(-c2nn(Cc3nc4ccc(F)cn4c(=O)c3-c3cccc(F)c3)c3ncnc(N)c23)s1. The number of rotatable bonds is 8. The standard InChI is InChI=1S/C26H20F2N8O3S/c1-38-7-8-39-26-30-10-18(40-26)22-21-23(29)31-13-32-24(21)36(34-22)12-17-20(14-3-2-4-15(27)9-14)25(37)35-11-16(28)5-6-19(35)33-17/h2-6,9-11,13H,7-8,12H2,1H3,(H2,29,31,32). The van der Waals surface area contributed by atoms with Crippen LogP contribution in [0.15, 0.2) is 59.9 Å². The van der Waals surface area contributed by atoms with E-state index in [4.69, 9.17) is 20.3 Å². The lowest BCUT2D eigenvalue weighted by molar-refractivity contribution is 0.146. The van der Waals surface area contributed by atoms with Crippen LogP contribution >= 0.6 is 11.3 Å². The van der Waals surface area contributed by atoms with Gasteiger partial charge in [0.05, 0.1) is 40.9 Å². The molecule has 1 aromatic carbocycles. The van der Waals surface area contributed by atoms with Gasteiger partial charge in [-0.2, -0.15) is 5.10 Å². The van der Waals surface area contributed by atoms with Crippen LogP contribution in [0.25, 0.3) is 38.4 Å². The molecule has 0 aliphatic rings. The van der Waals surface area contributed by atoms with Gasteiger partial charge in [-0.1, -0.05) is 23.5 Å². The molecule has 0 saturated heterocycles. The summed E-state index contributed by atoms with van der Waals surface area (Å²) >= 11 is 1.26. The summed E-state index contributed by atoms with van der Waals surface area (Å²) in [5.74, 6) is -0.943. The summed E-state index contributed by atoms with van der Waals surface area (Å²) in [6.45, 7) is 0.712. The Balaban J connectivity index is 1.51. The first-order valence-corrected chi connectivity index (χ1v) is 12.8. The van der Waals surface area contributed by atoms with Crippen LogP contribution in [0, 0.1) is 11.6 Å². The number of benzene rings is 1. The highest BCUT2D eigenvalue weighted by molar-refractivity contribution is 7.16. The highest BCUT2D eigenvalue weighted by Gasteiger charge is 2.22. The maximum Gasteiger partial charge on any atom is 0.273 e. The quantitative estimate of drug-likeness (QED) is 0.276. The van der Waals surface area contributed by atoms with Crippen LogP contribution in [0.3, 0.4) is 0 Å². The van der Waals surface area contributed by atoms with Crippen molar-refractivity contribution in [2.24, 2.45) is 0 Å². The van der Waals surface area contributed by atoms with E-state index in [1.807, 2.05) is 0 Å². The molecule has 0 spiro atoms. The third-order valence-electron chi connectivity index (χ3n) is 6.06. The van der Waals surface area contributed by atoms with Crippen LogP contribution in [-0.4, -0.2) is 54.4 Å². The summed E-state index contributed by atoms with van der Waals surface area (Å²) in [6.07, 6.45) is 3.96. The molecule has 202 valence electrons. The number of halogens is 2. The molecule has 0 atom stereocenters. The average molecular weight is 563 g/mol. The van der Waals surface area contributed by atoms with Crippen LogP contribution < -0.4 is 16.0 Å². The number of hydrogen-bond donors (Lipinski definition) is 1. The molecule has 0 bridgehead atoms. The van der Waals surface area contributed by atoms with Crippen LogP contribution in [0.1, 0.15) is 5.69 Å². The minimum atomic E-state index is -0.612. The van der Waals surface area contributed by atoms with E-state index in [2.05, 4.69) is 19.9 Å². The number of aromatic nitrogens is 7. The van der Waals surface area contributed by atoms with Crippen molar-refractivity contribution in [1.29, 1.82) is 0 Å². The fourth-order valence-electron chi connectivity index (χ4n) is 4.31. The fourth-order valence-corrected chi connectivity index (χ4v) is 5.09. The van der Waals surface area contributed by atoms with Crippen molar-refractivity contribution in [2.75, 3.05) is 26.1 Å². The molecule has 0 unspecified atom stereocenters. The van der Waals surface area contributed by atoms with Gasteiger partial charge in [0.15, 0.2) is 5.65 Å². The number of nitrogen functional groups attached to an aromatic ring is 1. The Labute approximate surface area is 228 Å². The molecule has 14 heteroatoms. The summed E-state index contributed by atoms with van der Waals surface area (Å²) < 4.78 is 41.5. The Bertz CT molecular complexity index is 1940. The molecule has 5 aromatic heterocycles. The molecule has 0 amide bonds. The molecule has 0 saturated carbocycles. The second-order valence-corrected chi connectivity index (χ2v) is 9.61. The maximum atomic E-state index is 14.2. The number of methoxy groups -OCH3 is 1. The van der Waals surface area contributed by atoms with E-state index in [0.29, 0.717) is 40.0 Å². The molecule has 0 aliphatic heterocycles. The number of nitrogens with zero attached hydrogens (tertiary/aromatic N) is 7. The second-order valence-electron chi connectivity index (χ2n) is 8.62. The van der Waals surface area contributed by atoms with Crippen molar-refractivity contribution in [1.82, 2.24) is 34.1 Å². The lowest BCUT2D eigenvalue weighted by Crippen LogP contribution is -2.22. The molecule has 2 N–H and O–H groups in total. The Kier molecular flexibility index (Phi) is 6.61. The van der Waals surface area contributed by atoms with Gasteiger partial charge in [0.2, 0.25) is 0 Å². The molecule has 0 fully saturated rings. The van der Waals surface area contributed by atoms with Crippen molar-refractivity contribution in [2.45, 2.75) is 6.54 Å². The number of hydrogen-bond acceptors (Lipinski definition) is 10. The highest BCUT2D eigenvalue weighted by Crippen LogP contribution is 2.36. The summed E-state index contributed by atoms with van der Waals surface area (Å²) in [4.78, 5) is 31.7. The molecular weight excluding hydrogens is 542 g/mol. The molecule has 0 aliphatic carbocycles. The Hall–Kier alpha value is -4.82. The normalized spacial score (nSPS) is 11.5. The minimum Gasteiger partial charge on any atom is -0.468 e. The molecule has 6 rings (SSSR count). The zero-order valence-electron chi connectivity index (χ0n) is 20.9. The van der Waals surface area contributed by atoms with Crippen molar-refractivity contribution in [3.05, 3.63) is 82.8 Å². The maximum absolute atomic E-state index is 14.2. The smallest absolute Gasteiger partial charge is 0.273 e. The minimum absolute atomic E-state index is 0.0298. The summed E-state index contributed by atoms with van der Waals surface area (Å²) in [5.41, 5.74) is 7.43. The first kappa shape index (κ1) is 25.5. The lowest BCUT2D eigenvalue weighted by atomic mass is 10.0. The molecular formula is C26H20F2N8O3S. The van der Waals surface area contributed by atoms with Crippen LogP contribution in [0.2, 0.25) is 0 Å². The number of nitrogens with two attached hydrogens (primary N) is 1. The zero-order chi connectivity index (χ0) is 27.8. The van der Waals surface area contributed by atoms with Gasteiger partial charge in [0.1, 0.15) is 41.7 Å². The van der Waals surface area contributed by atoms with Gasteiger partial charge in [-0.15, -0.1) is 0 Å². The molecule has 6 aromatic rings. The average Bonchev–Trinajstić information content (AvgIpc) is 3.55. The number of pyridine rings is 1. The van der Waals surface area contributed by atoms with Gasteiger partial charge in [-0.05, 0) is 29.8 Å². The van der Waals surface area contributed by atoms with Gasteiger partial charge >= 0.3 is 0 Å². The van der Waals surface area contributed by atoms with Gasteiger partial charge in [-0.25, -0.2) is 33.4 Å². The summed E-state index contributed by atoms with van der Waals surface area (Å²) in [7, 11) is 1.58. The van der Waals surface area contributed by atoms with E-state index in [0.717, 1.165) is 10.6 Å². The largest absolute Gasteiger partial charge is 0.468 e. The lowest BCUT2D eigenvalue weighted by Gasteiger charge is -2.12. The van der Waals surface area contributed by atoms with Gasteiger partial charge in [0, 0.05) is 13.3 Å². The Morgan fingerprint density at radius 3 is 2.77 bits per heavy atom. The van der Waals surface area contributed by atoms with Gasteiger partial charge in [0.25, 0.3) is 10.8 Å². The topological polar surface area (TPSA) is 135 Å². The van der Waals surface area contributed by atoms with E-state index in [1.54, 1.807) is 24.1 Å². The number of fused-ring (bicyclic) bond motifs is 2. The highest BCUT2D eigenvalue weighted by atomic mass is 32.1. The van der Waals surface area contributed by atoms with Crippen LogP contribution in [0.5, 0.6) is 5.19 Å². The van der Waals surface area contributed by atoms with Crippen molar-refractivity contribution in [3.8, 4) is 26.9 Å². The molecule has 5 heterocycles. The fraction of sp³-hybridized carbons (Fsp3) is 0.154. The number of thiazole rings is 1. The molecule has 0 radical (unpaired) electrons. The van der Waals surface area contributed by atoms with E-state index < -0.39 is 17.2 Å². The van der Waals surface area contributed by atoms with E-state index in [1.165, 1.54) is 48.0 Å².